The summed E-state index contributed by atoms with van der Waals surface area (Å²) in [4.78, 5) is 0.0628. The van der Waals surface area contributed by atoms with Crippen LogP contribution in [0, 0.1) is 13.8 Å². The standard InChI is InChI=1S/C14H18N2O4S/c1-4-9-19-13-8-6-5-7-12(13)16-21(17,18)14-10(2)15-20-11(14)3/h5-8,16H,4,9H2,1-3H3. The van der Waals surface area contributed by atoms with E-state index in [1.807, 2.05) is 6.92 Å². The second-order valence-corrected chi connectivity index (χ2v) is 6.22. The van der Waals surface area contributed by atoms with Gasteiger partial charge in [0.1, 0.15) is 11.4 Å². The van der Waals surface area contributed by atoms with Gasteiger partial charge in [-0.05, 0) is 32.4 Å². The first kappa shape index (κ1) is 15.4. The molecule has 0 aliphatic rings. The van der Waals surface area contributed by atoms with Gasteiger partial charge < -0.3 is 9.26 Å². The molecule has 2 aromatic rings. The van der Waals surface area contributed by atoms with Gasteiger partial charge in [-0.25, -0.2) is 8.42 Å². The van der Waals surface area contributed by atoms with Crippen molar-refractivity contribution < 1.29 is 17.7 Å². The topological polar surface area (TPSA) is 81.4 Å². The van der Waals surface area contributed by atoms with Gasteiger partial charge in [0.05, 0.1) is 12.3 Å². The minimum atomic E-state index is -3.77. The predicted octanol–water partition coefficient (Wildman–Crippen LogP) is 2.88. The number of ether oxygens (including phenoxy) is 1. The number of rotatable bonds is 6. The molecule has 2 rings (SSSR count). The van der Waals surface area contributed by atoms with Crippen LogP contribution in [-0.2, 0) is 10.0 Å². The summed E-state index contributed by atoms with van der Waals surface area (Å²) in [6.07, 6.45) is 0.838. The maximum Gasteiger partial charge on any atom is 0.267 e. The molecule has 6 nitrogen and oxygen atoms in total. The molecule has 1 aromatic carbocycles. The van der Waals surface area contributed by atoms with Crippen LogP contribution < -0.4 is 9.46 Å². The van der Waals surface area contributed by atoms with Crippen molar-refractivity contribution in [2.45, 2.75) is 32.1 Å². The third-order valence-corrected chi connectivity index (χ3v) is 4.44. The molecule has 0 fully saturated rings. The maximum absolute atomic E-state index is 12.5. The Labute approximate surface area is 124 Å². The molecule has 0 spiro atoms. The highest BCUT2D eigenvalue weighted by Gasteiger charge is 2.25. The zero-order valence-electron chi connectivity index (χ0n) is 12.2. The van der Waals surface area contributed by atoms with Crippen molar-refractivity contribution in [2.75, 3.05) is 11.3 Å². The van der Waals surface area contributed by atoms with Crippen LogP contribution in [0.4, 0.5) is 5.69 Å². The molecule has 0 atom stereocenters. The zero-order valence-corrected chi connectivity index (χ0v) is 13.0. The number of nitrogens with zero attached hydrogens (tertiary/aromatic N) is 1. The van der Waals surface area contributed by atoms with E-state index >= 15 is 0 Å². The van der Waals surface area contributed by atoms with Gasteiger partial charge >= 0.3 is 0 Å². The monoisotopic (exact) mass is 310 g/mol. The van der Waals surface area contributed by atoms with Crippen LogP contribution >= 0.6 is 0 Å². The van der Waals surface area contributed by atoms with Gasteiger partial charge in [0.15, 0.2) is 10.7 Å². The van der Waals surface area contributed by atoms with Gasteiger partial charge in [0.2, 0.25) is 0 Å². The molecule has 0 amide bonds. The van der Waals surface area contributed by atoms with Crippen LogP contribution in [0.25, 0.3) is 0 Å². The molecule has 0 aliphatic carbocycles. The van der Waals surface area contributed by atoms with E-state index in [1.54, 1.807) is 38.1 Å². The van der Waals surface area contributed by atoms with Crippen molar-refractivity contribution in [1.82, 2.24) is 5.16 Å². The van der Waals surface area contributed by atoms with E-state index in [0.717, 1.165) is 6.42 Å². The maximum atomic E-state index is 12.5. The molecular weight excluding hydrogens is 292 g/mol. The molecule has 1 N–H and O–H groups in total. The highest BCUT2D eigenvalue weighted by atomic mass is 32.2. The first-order chi connectivity index (χ1) is 9.95. The van der Waals surface area contributed by atoms with E-state index in [-0.39, 0.29) is 10.7 Å². The fourth-order valence-corrected chi connectivity index (χ4v) is 3.34. The third kappa shape index (κ3) is 3.36. The Morgan fingerprint density at radius 2 is 2.00 bits per heavy atom. The summed E-state index contributed by atoms with van der Waals surface area (Å²) in [5.41, 5.74) is 0.720. The van der Waals surface area contributed by atoms with E-state index in [1.165, 1.54) is 0 Å². The number of benzene rings is 1. The van der Waals surface area contributed by atoms with Crippen molar-refractivity contribution in [3.8, 4) is 5.75 Å². The molecule has 0 aliphatic heterocycles. The van der Waals surface area contributed by atoms with Crippen LogP contribution in [0.3, 0.4) is 0 Å². The average molecular weight is 310 g/mol. The van der Waals surface area contributed by atoms with Gasteiger partial charge in [-0.15, -0.1) is 0 Å². The second kappa shape index (κ2) is 6.17. The van der Waals surface area contributed by atoms with Crippen molar-refractivity contribution in [3.05, 3.63) is 35.7 Å². The Hall–Kier alpha value is -2.02. The second-order valence-electron chi connectivity index (χ2n) is 4.60. The summed E-state index contributed by atoms with van der Waals surface area (Å²) in [6, 6.07) is 6.91. The molecule has 0 saturated carbocycles. The molecule has 1 heterocycles. The Morgan fingerprint density at radius 3 is 2.62 bits per heavy atom. The van der Waals surface area contributed by atoms with Gasteiger partial charge in [0, 0.05) is 0 Å². The lowest BCUT2D eigenvalue weighted by atomic mass is 10.3. The van der Waals surface area contributed by atoms with E-state index < -0.39 is 10.0 Å². The summed E-state index contributed by atoms with van der Waals surface area (Å²) in [5.74, 6) is 0.752. The number of sulfonamides is 1. The van der Waals surface area contributed by atoms with Crippen LogP contribution in [0.15, 0.2) is 33.7 Å². The van der Waals surface area contributed by atoms with Gasteiger partial charge in [-0.2, -0.15) is 0 Å². The summed E-state index contributed by atoms with van der Waals surface area (Å²) in [5, 5.41) is 3.67. The quantitative estimate of drug-likeness (QED) is 0.887. The zero-order chi connectivity index (χ0) is 15.5. The fraction of sp³-hybridized carbons (Fsp3) is 0.357. The van der Waals surface area contributed by atoms with Crippen molar-refractivity contribution in [1.29, 1.82) is 0 Å². The predicted molar refractivity (Wildman–Crippen MR) is 79.0 cm³/mol. The van der Waals surface area contributed by atoms with Crippen LogP contribution in [-0.4, -0.2) is 20.2 Å². The Morgan fingerprint density at radius 1 is 1.29 bits per heavy atom. The number of hydrogen-bond acceptors (Lipinski definition) is 5. The number of aromatic nitrogens is 1. The summed E-state index contributed by atoms with van der Waals surface area (Å²) < 4.78 is 37.9. The van der Waals surface area contributed by atoms with Gasteiger partial charge in [-0.3, -0.25) is 4.72 Å². The number of aryl methyl sites for hydroxylation is 2. The Kier molecular flexibility index (Phi) is 4.52. The highest BCUT2D eigenvalue weighted by molar-refractivity contribution is 7.92. The Balaban J connectivity index is 2.33. The number of anilines is 1. The largest absolute Gasteiger partial charge is 0.491 e. The molecule has 7 heteroatoms. The van der Waals surface area contributed by atoms with Gasteiger partial charge in [0.25, 0.3) is 10.0 Å². The summed E-state index contributed by atoms with van der Waals surface area (Å²) >= 11 is 0. The van der Waals surface area contributed by atoms with Gasteiger partial charge in [-0.1, -0.05) is 24.2 Å². The first-order valence-corrected chi connectivity index (χ1v) is 8.11. The average Bonchev–Trinajstić information content (AvgIpc) is 2.77. The SMILES string of the molecule is CCCOc1ccccc1NS(=O)(=O)c1c(C)noc1C. The molecule has 0 unspecified atom stereocenters. The molecule has 0 bridgehead atoms. The highest BCUT2D eigenvalue weighted by Crippen LogP contribution is 2.28. The fourth-order valence-electron chi connectivity index (χ4n) is 1.94. The first-order valence-electron chi connectivity index (χ1n) is 6.63. The van der Waals surface area contributed by atoms with E-state index in [2.05, 4.69) is 9.88 Å². The van der Waals surface area contributed by atoms with Crippen LogP contribution in [0.5, 0.6) is 5.75 Å². The van der Waals surface area contributed by atoms with Crippen molar-refractivity contribution in [3.63, 3.8) is 0 Å². The molecule has 0 saturated heterocycles. The van der Waals surface area contributed by atoms with Crippen LogP contribution in [0.2, 0.25) is 0 Å². The molecule has 0 radical (unpaired) electrons. The minimum Gasteiger partial charge on any atom is -0.491 e. The third-order valence-electron chi connectivity index (χ3n) is 2.83. The van der Waals surface area contributed by atoms with Crippen molar-refractivity contribution in [2.24, 2.45) is 0 Å². The smallest absolute Gasteiger partial charge is 0.267 e. The summed E-state index contributed by atoms with van der Waals surface area (Å²) in [7, 11) is -3.77. The van der Waals surface area contributed by atoms with Crippen molar-refractivity contribution >= 4 is 15.7 Å². The molecule has 114 valence electrons. The minimum absolute atomic E-state index is 0.0628. The normalized spacial score (nSPS) is 11.4. The lowest BCUT2D eigenvalue weighted by Gasteiger charge is -2.12. The number of para-hydroxylation sites is 2. The Bertz CT molecular complexity index is 703. The summed E-state index contributed by atoms with van der Waals surface area (Å²) in [6.45, 7) is 5.65. The molecular formula is C14H18N2O4S. The molecule has 1 aromatic heterocycles. The molecule has 21 heavy (non-hydrogen) atoms. The van der Waals surface area contributed by atoms with E-state index in [9.17, 15) is 8.42 Å². The van der Waals surface area contributed by atoms with E-state index in [0.29, 0.717) is 23.7 Å². The number of hydrogen-bond donors (Lipinski definition) is 1. The van der Waals surface area contributed by atoms with Crippen LogP contribution in [0.1, 0.15) is 24.8 Å². The number of nitrogens with one attached hydrogen (secondary N) is 1. The lowest BCUT2D eigenvalue weighted by molar-refractivity contribution is 0.319. The van der Waals surface area contributed by atoms with E-state index in [4.69, 9.17) is 9.26 Å². The lowest BCUT2D eigenvalue weighted by Crippen LogP contribution is -2.15.